The summed E-state index contributed by atoms with van der Waals surface area (Å²) in [5.41, 5.74) is 5.67. The van der Waals surface area contributed by atoms with E-state index in [0.29, 0.717) is 0 Å². The average Bonchev–Trinajstić information content (AvgIpc) is 2.13. The van der Waals surface area contributed by atoms with Gasteiger partial charge >= 0.3 is 0 Å². The zero-order valence-electron chi connectivity index (χ0n) is 7.88. The van der Waals surface area contributed by atoms with Crippen molar-refractivity contribution in [2.75, 3.05) is 13.7 Å². The van der Waals surface area contributed by atoms with Crippen LogP contribution in [-0.2, 0) is 9.47 Å². The lowest BCUT2D eigenvalue weighted by Gasteiger charge is -2.41. The Balaban J connectivity index is 2.69. The highest BCUT2D eigenvalue weighted by atomic mass is 16.6. The molecule has 0 saturated carbocycles. The minimum atomic E-state index is -0.786. The number of hydrogen-bond acceptors (Lipinski definition) is 5. The largest absolute Gasteiger partial charge is 0.394 e. The van der Waals surface area contributed by atoms with Gasteiger partial charge in [0.15, 0.2) is 0 Å². The summed E-state index contributed by atoms with van der Waals surface area (Å²) in [7, 11) is 1.46. The molecule has 1 saturated heterocycles. The molecule has 0 radical (unpaired) electrons. The maximum atomic E-state index is 9.67. The number of nitrogens with two attached hydrogens (primary N) is 1. The molecule has 4 N–H and O–H groups in total. The molecule has 0 aromatic heterocycles. The molecule has 5 atom stereocenters. The van der Waals surface area contributed by atoms with Crippen molar-refractivity contribution in [3.8, 4) is 0 Å². The molecule has 1 aliphatic heterocycles. The monoisotopic (exact) mass is 191 g/mol. The van der Waals surface area contributed by atoms with E-state index in [1.54, 1.807) is 6.92 Å². The second-order valence-electron chi connectivity index (χ2n) is 3.33. The van der Waals surface area contributed by atoms with Gasteiger partial charge in [0.25, 0.3) is 0 Å². The second kappa shape index (κ2) is 4.34. The number of ether oxygens (including phenoxy) is 2. The maximum absolute atomic E-state index is 9.67. The predicted molar refractivity (Wildman–Crippen MR) is 46.2 cm³/mol. The van der Waals surface area contributed by atoms with Crippen molar-refractivity contribution in [1.82, 2.24) is 0 Å². The van der Waals surface area contributed by atoms with Crippen LogP contribution in [0.3, 0.4) is 0 Å². The van der Waals surface area contributed by atoms with Crippen LogP contribution in [0.2, 0.25) is 0 Å². The van der Waals surface area contributed by atoms with E-state index in [1.807, 2.05) is 0 Å². The van der Waals surface area contributed by atoms with Crippen molar-refractivity contribution < 1.29 is 19.7 Å². The van der Waals surface area contributed by atoms with E-state index < -0.39 is 24.4 Å². The molecule has 0 spiro atoms. The van der Waals surface area contributed by atoms with Crippen LogP contribution < -0.4 is 5.73 Å². The van der Waals surface area contributed by atoms with Crippen LogP contribution >= 0.6 is 0 Å². The molecule has 0 aromatic carbocycles. The molecule has 13 heavy (non-hydrogen) atoms. The third-order valence-electron chi connectivity index (χ3n) is 2.48. The molecule has 5 nitrogen and oxygen atoms in total. The van der Waals surface area contributed by atoms with Gasteiger partial charge in [-0.1, -0.05) is 0 Å². The number of hydrogen-bond donors (Lipinski definition) is 3. The standard InChI is InChI=1S/C8H17NO4/c1-4-6(9)7(11)8(12-2)5(3-10)13-4/h4-8,10-11H,3,9H2,1-2H3/t4-,5?,6?,7+,8-/m0/s1. The third kappa shape index (κ3) is 2.00. The summed E-state index contributed by atoms with van der Waals surface area (Å²) in [6.45, 7) is 1.59. The molecular weight excluding hydrogens is 174 g/mol. The minimum absolute atomic E-state index is 0.174. The number of rotatable bonds is 2. The van der Waals surface area contributed by atoms with Gasteiger partial charge in [-0.05, 0) is 6.92 Å². The topological polar surface area (TPSA) is 84.9 Å². The fraction of sp³-hybridized carbons (Fsp3) is 1.00. The summed E-state index contributed by atoms with van der Waals surface area (Å²) in [5.74, 6) is 0. The van der Waals surface area contributed by atoms with E-state index in [4.69, 9.17) is 20.3 Å². The van der Waals surface area contributed by atoms with E-state index in [9.17, 15) is 5.11 Å². The Kier molecular flexibility index (Phi) is 3.63. The lowest BCUT2D eigenvalue weighted by atomic mass is 9.94. The molecule has 1 fully saturated rings. The molecule has 0 bridgehead atoms. The zero-order valence-corrected chi connectivity index (χ0v) is 7.88. The molecule has 0 aromatic rings. The molecule has 0 amide bonds. The van der Waals surface area contributed by atoms with Crippen LogP contribution in [0.1, 0.15) is 6.92 Å². The summed E-state index contributed by atoms with van der Waals surface area (Å²) in [5, 5.41) is 18.6. The first kappa shape index (κ1) is 10.9. The SMILES string of the molecule is CO[C@H]1C(CO)O[C@@H](C)C(N)[C@H]1O. The lowest BCUT2D eigenvalue weighted by Crippen LogP contribution is -2.61. The van der Waals surface area contributed by atoms with Crippen LogP contribution in [0, 0.1) is 0 Å². The van der Waals surface area contributed by atoms with Crippen LogP contribution in [0.5, 0.6) is 0 Å². The van der Waals surface area contributed by atoms with Crippen molar-refractivity contribution in [2.45, 2.75) is 37.4 Å². The van der Waals surface area contributed by atoms with E-state index >= 15 is 0 Å². The highest BCUT2D eigenvalue weighted by Gasteiger charge is 2.41. The number of aliphatic hydroxyl groups is 2. The fourth-order valence-corrected chi connectivity index (χ4v) is 1.60. The summed E-state index contributed by atoms with van der Waals surface area (Å²) >= 11 is 0. The smallest absolute Gasteiger partial charge is 0.113 e. The first-order valence-electron chi connectivity index (χ1n) is 4.34. The molecule has 5 heteroatoms. The van der Waals surface area contributed by atoms with Gasteiger partial charge in [-0.2, -0.15) is 0 Å². The Bertz CT molecular complexity index is 164. The predicted octanol–water partition coefficient (Wildman–Crippen LogP) is -1.53. The highest BCUT2D eigenvalue weighted by molar-refractivity contribution is 4.93. The Morgan fingerprint density at radius 1 is 1.54 bits per heavy atom. The van der Waals surface area contributed by atoms with Gasteiger partial charge in [-0.3, -0.25) is 0 Å². The molecule has 1 heterocycles. The normalized spacial score (nSPS) is 46.4. The Hall–Kier alpha value is -0.200. The van der Waals surface area contributed by atoms with Gasteiger partial charge in [0.05, 0.1) is 18.8 Å². The van der Waals surface area contributed by atoms with E-state index in [1.165, 1.54) is 7.11 Å². The van der Waals surface area contributed by atoms with Crippen LogP contribution in [-0.4, -0.2) is 54.4 Å². The maximum Gasteiger partial charge on any atom is 0.113 e. The summed E-state index contributed by atoms with van der Waals surface area (Å²) in [6.07, 6.45) is -2.09. The van der Waals surface area contributed by atoms with Crippen LogP contribution in [0.25, 0.3) is 0 Å². The van der Waals surface area contributed by atoms with Gasteiger partial charge in [0, 0.05) is 7.11 Å². The molecule has 2 unspecified atom stereocenters. The van der Waals surface area contributed by atoms with Gasteiger partial charge in [-0.15, -0.1) is 0 Å². The van der Waals surface area contributed by atoms with E-state index in [2.05, 4.69) is 0 Å². The van der Waals surface area contributed by atoms with Gasteiger partial charge in [0.1, 0.15) is 18.3 Å². The van der Waals surface area contributed by atoms with Crippen LogP contribution in [0.4, 0.5) is 0 Å². The summed E-state index contributed by atoms with van der Waals surface area (Å²) in [4.78, 5) is 0. The van der Waals surface area contributed by atoms with Crippen molar-refractivity contribution >= 4 is 0 Å². The fourth-order valence-electron chi connectivity index (χ4n) is 1.60. The second-order valence-corrected chi connectivity index (χ2v) is 3.33. The van der Waals surface area contributed by atoms with E-state index in [0.717, 1.165) is 0 Å². The summed E-state index contributed by atoms with van der Waals surface area (Å²) < 4.78 is 10.4. The van der Waals surface area contributed by atoms with Crippen molar-refractivity contribution in [2.24, 2.45) is 5.73 Å². The number of aliphatic hydroxyl groups excluding tert-OH is 2. The molecule has 1 aliphatic rings. The molecule has 1 rings (SSSR count). The Morgan fingerprint density at radius 3 is 2.62 bits per heavy atom. The highest BCUT2D eigenvalue weighted by Crippen LogP contribution is 2.21. The molecular formula is C8H17NO4. The Labute approximate surface area is 77.4 Å². The van der Waals surface area contributed by atoms with E-state index in [-0.39, 0.29) is 12.7 Å². The third-order valence-corrected chi connectivity index (χ3v) is 2.48. The lowest BCUT2D eigenvalue weighted by molar-refractivity contribution is -0.193. The molecule has 78 valence electrons. The Morgan fingerprint density at radius 2 is 2.15 bits per heavy atom. The van der Waals surface area contributed by atoms with Crippen molar-refractivity contribution in [1.29, 1.82) is 0 Å². The van der Waals surface area contributed by atoms with Crippen molar-refractivity contribution in [3.63, 3.8) is 0 Å². The first-order chi connectivity index (χ1) is 6.11. The summed E-state index contributed by atoms with van der Waals surface area (Å²) in [6, 6.07) is -0.465. The number of methoxy groups -OCH3 is 1. The molecule has 0 aliphatic carbocycles. The minimum Gasteiger partial charge on any atom is -0.394 e. The van der Waals surface area contributed by atoms with Gasteiger partial charge in [-0.25, -0.2) is 0 Å². The van der Waals surface area contributed by atoms with Crippen LogP contribution in [0.15, 0.2) is 0 Å². The van der Waals surface area contributed by atoms with Crippen molar-refractivity contribution in [3.05, 3.63) is 0 Å². The van der Waals surface area contributed by atoms with Gasteiger partial charge in [0.2, 0.25) is 0 Å². The average molecular weight is 191 g/mol. The quantitative estimate of drug-likeness (QED) is 0.493. The first-order valence-corrected chi connectivity index (χ1v) is 4.34. The van der Waals surface area contributed by atoms with Gasteiger partial charge < -0.3 is 25.4 Å². The zero-order chi connectivity index (χ0) is 10.0.